The number of hydrogen-bond donors (Lipinski definition) is 1. The van der Waals surface area contributed by atoms with Crippen LogP contribution in [0.25, 0.3) is 0 Å². The molecule has 1 aromatic heterocycles. The zero-order chi connectivity index (χ0) is 14.7. The minimum atomic E-state index is -0.674. The normalized spacial score (nSPS) is 10.8. The van der Waals surface area contributed by atoms with E-state index in [9.17, 15) is 8.78 Å². The molecule has 4 nitrogen and oxygen atoms in total. The fourth-order valence-electron chi connectivity index (χ4n) is 1.96. The van der Waals surface area contributed by atoms with Gasteiger partial charge in [0.1, 0.15) is 17.4 Å². The fraction of sp³-hybridized carbons (Fsp3) is 0.357. The Morgan fingerprint density at radius 1 is 1.25 bits per heavy atom. The van der Waals surface area contributed by atoms with Gasteiger partial charge in [-0.2, -0.15) is 5.10 Å². The van der Waals surface area contributed by atoms with Crippen LogP contribution in [0.15, 0.2) is 18.2 Å². The van der Waals surface area contributed by atoms with Crippen molar-refractivity contribution in [3.63, 3.8) is 0 Å². The van der Waals surface area contributed by atoms with E-state index in [2.05, 4.69) is 10.4 Å². The number of aromatic nitrogens is 2. The first-order valence-corrected chi connectivity index (χ1v) is 6.38. The average molecular weight is 281 g/mol. The lowest BCUT2D eigenvalue weighted by Gasteiger charge is -2.09. The second-order valence-electron chi connectivity index (χ2n) is 4.48. The molecule has 6 heteroatoms. The smallest absolute Gasteiger partial charge is 0.222 e. The van der Waals surface area contributed by atoms with Crippen LogP contribution >= 0.6 is 0 Å². The monoisotopic (exact) mass is 281 g/mol. The van der Waals surface area contributed by atoms with Crippen LogP contribution in [-0.2, 0) is 13.6 Å². The Labute approximate surface area is 116 Å². The molecule has 0 saturated heterocycles. The number of rotatable bonds is 5. The van der Waals surface area contributed by atoms with Gasteiger partial charge in [0, 0.05) is 31.8 Å². The number of hydrogen-bond acceptors (Lipinski definition) is 3. The molecule has 1 heterocycles. The SMILES string of the molecule is CCNCc1c(C)nn(C)c1Oc1cc(F)cc(F)c1. The van der Waals surface area contributed by atoms with E-state index in [0.717, 1.165) is 36.0 Å². The molecule has 0 amide bonds. The molecule has 0 unspecified atom stereocenters. The van der Waals surface area contributed by atoms with Crippen LogP contribution in [0.4, 0.5) is 8.78 Å². The highest BCUT2D eigenvalue weighted by Crippen LogP contribution is 2.28. The van der Waals surface area contributed by atoms with Crippen LogP contribution in [0, 0.1) is 18.6 Å². The molecule has 0 aliphatic carbocycles. The third kappa shape index (κ3) is 3.14. The van der Waals surface area contributed by atoms with Gasteiger partial charge in [-0.3, -0.25) is 0 Å². The molecule has 0 aliphatic heterocycles. The second-order valence-corrected chi connectivity index (χ2v) is 4.48. The van der Waals surface area contributed by atoms with Crippen LogP contribution < -0.4 is 10.1 Å². The van der Waals surface area contributed by atoms with E-state index >= 15 is 0 Å². The van der Waals surface area contributed by atoms with Crippen molar-refractivity contribution in [3.05, 3.63) is 41.1 Å². The van der Waals surface area contributed by atoms with Gasteiger partial charge < -0.3 is 10.1 Å². The zero-order valence-corrected chi connectivity index (χ0v) is 11.7. The second kappa shape index (κ2) is 6.00. The molecule has 2 rings (SSSR count). The summed E-state index contributed by atoms with van der Waals surface area (Å²) in [6, 6.07) is 3.09. The Morgan fingerprint density at radius 3 is 2.50 bits per heavy atom. The molecule has 0 aliphatic rings. The summed E-state index contributed by atoms with van der Waals surface area (Å²) >= 11 is 0. The summed E-state index contributed by atoms with van der Waals surface area (Å²) in [7, 11) is 1.73. The highest BCUT2D eigenvalue weighted by molar-refractivity contribution is 5.36. The van der Waals surface area contributed by atoms with Gasteiger partial charge in [0.05, 0.1) is 11.3 Å². The highest BCUT2D eigenvalue weighted by atomic mass is 19.1. The minimum Gasteiger partial charge on any atom is -0.439 e. The number of nitrogens with zero attached hydrogens (tertiary/aromatic N) is 2. The van der Waals surface area contributed by atoms with Crippen molar-refractivity contribution >= 4 is 0 Å². The van der Waals surface area contributed by atoms with E-state index < -0.39 is 11.6 Å². The van der Waals surface area contributed by atoms with Crippen molar-refractivity contribution in [1.82, 2.24) is 15.1 Å². The first-order valence-electron chi connectivity index (χ1n) is 6.38. The number of ether oxygens (including phenoxy) is 1. The molecule has 1 aromatic carbocycles. The van der Waals surface area contributed by atoms with Gasteiger partial charge in [-0.1, -0.05) is 6.92 Å². The molecule has 0 saturated carbocycles. The van der Waals surface area contributed by atoms with Gasteiger partial charge in [-0.05, 0) is 13.5 Å². The number of nitrogens with one attached hydrogen (secondary N) is 1. The third-order valence-electron chi connectivity index (χ3n) is 2.89. The van der Waals surface area contributed by atoms with Gasteiger partial charge >= 0.3 is 0 Å². The topological polar surface area (TPSA) is 39.1 Å². The number of halogens is 2. The van der Waals surface area contributed by atoms with Crippen molar-refractivity contribution in [2.75, 3.05) is 6.54 Å². The molecule has 2 aromatic rings. The lowest BCUT2D eigenvalue weighted by molar-refractivity contribution is 0.417. The maximum absolute atomic E-state index is 13.2. The third-order valence-corrected chi connectivity index (χ3v) is 2.89. The Hall–Kier alpha value is -1.95. The molecule has 1 N–H and O–H groups in total. The highest BCUT2D eigenvalue weighted by Gasteiger charge is 2.15. The van der Waals surface area contributed by atoms with E-state index in [4.69, 9.17) is 4.74 Å². The summed E-state index contributed by atoms with van der Waals surface area (Å²) in [6.45, 7) is 5.26. The molecular weight excluding hydrogens is 264 g/mol. The lowest BCUT2D eigenvalue weighted by Crippen LogP contribution is -2.12. The van der Waals surface area contributed by atoms with E-state index in [1.165, 1.54) is 0 Å². The largest absolute Gasteiger partial charge is 0.439 e. The average Bonchev–Trinajstić information content (AvgIpc) is 2.61. The Morgan fingerprint density at radius 2 is 1.90 bits per heavy atom. The standard InChI is InChI=1S/C14H17F2N3O/c1-4-17-8-13-9(2)18-19(3)14(13)20-12-6-10(15)5-11(16)7-12/h5-7,17H,4,8H2,1-3H3. The number of aryl methyl sites for hydroxylation is 2. The van der Waals surface area contributed by atoms with Gasteiger partial charge in [0.25, 0.3) is 0 Å². The molecule has 0 spiro atoms. The quantitative estimate of drug-likeness (QED) is 0.916. The van der Waals surface area contributed by atoms with Crippen LogP contribution in [-0.4, -0.2) is 16.3 Å². The van der Waals surface area contributed by atoms with Crippen molar-refractivity contribution in [3.8, 4) is 11.6 Å². The Bertz CT molecular complexity index is 590. The van der Waals surface area contributed by atoms with E-state index in [0.29, 0.717) is 12.4 Å². The maximum atomic E-state index is 13.2. The predicted octanol–water partition coefficient (Wildman–Crippen LogP) is 2.91. The molecule has 0 fully saturated rings. The van der Waals surface area contributed by atoms with Gasteiger partial charge in [0.2, 0.25) is 5.88 Å². The first kappa shape index (κ1) is 14.5. The molecule has 108 valence electrons. The van der Waals surface area contributed by atoms with Crippen LogP contribution in [0.2, 0.25) is 0 Å². The Balaban J connectivity index is 2.32. The zero-order valence-electron chi connectivity index (χ0n) is 11.7. The fourth-order valence-corrected chi connectivity index (χ4v) is 1.96. The van der Waals surface area contributed by atoms with E-state index in [1.54, 1.807) is 11.7 Å². The van der Waals surface area contributed by atoms with Crippen LogP contribution in [0.1, 0.15) is 18.2 Å². The van der Waals surface area contributed by atoms with Crippen molar-refractivity contribution in [1.29, 1.82) is 0 Å². The first-order chi connectivity index (χ1) is 9.51. The van der Waals surface area contributed by atoms with Gasteiger partial charge in [0.15, 0.2) is 0 Å². The number of benzene rings is 1. The van der Waals surface area contributed by atoms with Crippen molar-refractivity contribution < 1.29 is 13.5 Å². The summed E-state index contributed by atoms with van der Waals surface area (Å²) in [4.78, 5) is 0. The van der Waals surface area contributed by atoms with E-state index in [1.807, 2.05) is 13.8 Å². The molecular formula is C14H17F2N3O. The van der Waals surface area contributed by atoms with Crippen molar-refractivity contribution in [2.24, 2.45) is 7.05 Å². The summed E-state index contributed by atoms with van der Waals surface area (Å²) in [6.07, 6.45) is 0. The molecule has 0 radical (unpaired) electrons. The summed E-state index contributed by atoms with van der Waals surface area (Å²) < 4.78 is 33.5. The Kier molecular flexibility index (Phi) is 4.34. The van der Waals surface area contributed by atoms with Crippen LogP contribution in [0.3, 0.4) is 0 Å². The van der Waals surface area contributed by atoms with Crippen LogP contribution in [0.5, 0.6) is 11.6 Å². The summed E-state index contributed by atoms with van der Waals surface area (Å²) in [5, 5.41) is 7.46. The summed E-state index contributed by atoms with van der Waals surface area (Å²) in [5.41, 5.74) is 1.69. The molecule has 0 atom stereocenters. The lowest BCUT2D eigenvalue weighted by atomic mass is 10.2. The predicted molar refractivity (Wildman–Crippen MR) is 71.8 cm³/mol. The molecule has 0 bridgehead atoms. The summed E-state index contributed by atoms with van der Waals surface area (Å²) in [5.74, 6) is -0.754. The molecule has 20 heavy (non-hydrogen) atoms. The van der Waals surface area contributed by atoms with Crippen molar-refractivity contribution in [2.45, 2.75) is 20.4 Å². The maximum Gasteiger partial charge on any atom is 0.222 e. The van der Waals surface area contributed by atoms with Gasteiger partial charge in [-0.25, -0.2) is 13.5 Å². The minimum absolute atomic E-state index is 0.114. The van der Waals surface area contributed by atoms with Gasteiger partial charge in [-0.15, -0.1) is 0 Å². The van der Waals surface area contributed by atoms with E-state index in [-0.39, 0.29) is 5.75 Å².